The van der Waals surface area contributed by atoms with Crippen molar-refractivity contribution in [2.45, 2.75) is 24.8 Å². The molecule has 0 fully saturated rings. The Labute approximate surface area is 183 Å². The highest BCUT2D eigenvalue weighted by molar-refractivity contribution is 7.92. The highest BCUT2D eigenvalue weighted by Gasteiger charge is 2.20. The summed E-state index contributed by atoms with van der Waals surface area (Å²) >= 11 is 0. The third-order valence-electron chi connectivity index (χ3n) is 4.73. The van der Waals surface area contributed by atoms with E-state index < -0.39 is 10.0 Å². The van der Waals surface area contributed by atoms with Crippen molar-refractivity contribution in [3.63, 3.8) is 0 Å². The Hall–Kier alpha value is -3.32. The molecule has 0 atom stereocenters. The van der Waals surface area contributed by atoms with Gasteiger partial charge >= 0.3 is 0 Å². The molecular weight excluding hydrogens is 412 g/mol. The van der Waals surface area contributed by atoms with E-state index in [9.17, 15) is 13.2 Å². The molecule has 7 heteroatoms. The molecule has 1 N–H and O–H groups in total. The normalized spacial score (nSPS) is 11.0. The Balaban J connectivity index is 1.81. The summed E-state index contributed by atoms with van der Waals surface area (Å²) < 4.78 is 33.3. The molecule has 0 saturated carbocycles. The number of nitrogens with one attached hydrogen (secondary N) is 1. The highest BCUT2D eigenvalue weighted by Crippen LogP contribution is 2.21. The van der Waals surface area contributed by atoms with Gasteiger partial charge in [0, 0.05) is 24.3 Å². The average molecular weight is 439 g/mol. The predicted octanol–water partition coefficient (Wildman–Crippen LogP) is 4.55. The lowest BCUT2D eigenvalue weighted by Crippen LogP contribution is -2.31. The van der Waals surface area contributed by atoms with E-state index in [0.717, 1.165) is 12.0 Å². The van der Waals surface area contributed by atoms with Crippen LogP contribution in [-0.4, -0.2) is 32.9 Å². The number of ether oxygens (including phenoxy) is 1. The molecule has 1 amide bonds. The van der Waals surface area contributed by atoms with Crippen molar-refractivity contribution in [2.24, 2.45) is 0 Å². The van der Waals surface area contributed by atoms with E-state index in [4.69, 9.17) is 4.74 Å². The summed E-state index contributed by atoms with van der Waals surface area (Å²) in [6, 6.07) is 22.4. The van der Waals surface area contributed by atoms with Crippen LogP contribution in [0, 0.1) is 0 Å². The zero-order chi connectivity index (χ0) is 22.3. The number of hydrogen-bond acceptors (Lipinski definition) is 4. The molecule has 0 aliphatic heterocycles. The van der Waals surface area contributed by atoms with E-state index in [1.54, 1.807) is 48.4 Å². The Morgan fingerprint density at radius 3 is 2.32 bits per heavy atom. The van der Waals surface area contributed by atoms with Gasteiger partial charge in [0.25, 0.3) is 15.9 Å². The van der Waals surface area contributed by atoms with Crippen molar-refractivity contribution >= 4 is 21.6 Å². The lowest BCUT2D eigenvalue weighted by atomic mass is 10.1. The van der Waals surface area contributed by atoms with Gasteiger partial charge in [-0.1, -0.05) is 43.3 Å². The Morgan fingerprint density at radius 1 is 0.968 bits per heavy atom. The molecular formula is C24H26N2O4S. The van der Waals surface area contributed by atoms with Gasteiger partial charge in [-0.05, 0) is 54.4 Å². The Kier molecular flexibility index (Phi) is 7.31. The minimum Gasteiger partial charge on any atom is -0.497 e. The monoisotopic (exact) mass is 438 g/mol. The van der Waals surface area contributed by atoms with Crippen LogP contribution in [0.4, 0.5) is 5.69 Å². The molecule has 0 spiro atoms. The van der Waals surface area contributed by atoms with Gasteiger partial charge in [0.2, 0.25) is 0 Å². The standard InChI is InChI=1S/C24H26N2O4S/c1-3-16-26(18-19-8-5-4-6-9-19)24(27)20-10-7-11-23(17-20)31(28,29)25-21-12-14-22(30-2)15-13-21/h4-15,17,25H,3,16,18H2,1-2H3. The van der Waals surface area contributed by atoms with Crippen molar-refractivity contribution < 1.29 is 17.9 Å². The minimum absolute atomic E-state index is 0.0327. The Bertz CT molecular complexity index is 1110. The van der Waals surface area contributed by atoms with E-state index in [0.29, 0.717) is 30.1 Å². The van der Waals surface area contributed by atoms with E-state index in [-0.39, 0.29) is 10.8 Å². The fourth-order valence-corrected chi connectivity index (χ4v) is 4.28. The van der Waals surface area contributed by atoms with Gasteiger partial charge in [0.15, 0.2) is 0 Å². The summed E-state index contributed by atoms with van der Waals surface area (Å²) in [5.41, 5.74) is 1.77. The molecule has 162 valence electrons. The number of nitrogens with zero attached hydrogens (tertiary/aromatic N) is 1. The van der Waals surface area contributed by atoms with E-state index in [1.165, 1.54) is 12.1 Å². The molecule has 3 aromatic rings. The number of rotatable bonds is 9. The maximum absolute atomic E-state index is 13.1. The van der Waals surface area contributed by atoms with Crippen LogP contribution in [0.25, 0.3) is 0 Å². The zero-order valence-electron chi connectivity index (χ0n) is 17.6. The van der Waals surface area contributed by atoms with Gasteiger partial charge in [-0.2, -0.15) is 0 Å². The zero-order valence-corrected chi connectivity index (χ0v) is 18.4. The van der Waals surface area contributed by atoms with Crippen molar-refractivity contribution in [2.75, 3.05) is 18.4 Å². The molecule has 3 aromatic carbocycles. The highest BCUT2D eigenvalue weighted by atomic mass is 32.2. The van der Waals surface area contributed by atoms with Crippen LogP contribution in [0.5, 0.6) is 5.75 Å². The van der Waals surface area contributed by atoms with Crippen molar-refractivity contribution in [3.8, 4) is 5.75 Å². The van der Waals surface area contributed by atoms with Crippen molar-refractivity contribution in [3.05, 3.63) is 90.0 Å². The molecule has 0 radical (unpaired) electrons. The first-order chi connectivity index (χ1) is 14.9. The van der Waals surface area contributed by atoms with Crippen LogP contribution in [0.3, 0.4) is 0 Å². The van der Waals surface area contributed by atoms with Gasteiger partial charge in [-0.25, -0.2) is 8.42 Å². The fourth-order valence-electron chi connectivity index (χ4n) is 3.18. The van der Waals surface area contributed by atoms with Crippen LogP contribution >= 0.6 is 0 Å². The molecule has 0 bridgehead atoms. The Morgan fingerprint density at radius 2 is 1.68 bits per heavy atom. The van der Waals surface area contributed by atoms with E-state index in [1.807, 2.05) is 37.3 Å². The van der Waals surface area contributed by atoms with Crippen LogP contribution < -0.4 is 9.46 Å². The fraction of sp³-hybridized carbons (Fsp3) is 0.208. The maximum Gasteiger partial charge on any atom is 0.261 e. The maximum atomic E-state index is 13.1. The summed E-state index contributed by atoms with van der Waals surface area (Å²) in [5.74, 6) is 0.428. The summed E-state index contributed by atoms with van der Waals surface area (Å²) in [6.07, 6.45) is 0.801. The van der Waals surface area contributed by atoms with Crippen LogP contribution in [0.15, 0.2) is 83.8 Å². The third-order valence-corrected chi connectivity index (χ3v) is 6.11. The molecule has 31 heavy (non-hydrogen) atoms. The van der Waals surface area contributed by atoms with Gasteiger partial charge < -0.3 is 9.64 Å². The number of carbonyl (C=O) groups excluding carboxylic acids is 1. The number of sulfonamides is 1. The predicted molar refractivity (Wildman–Crippen MR) is 122 cm³/mol. The molecule has 0 aromatic heterocycles. The molecule has 3 rings (SSSR count). The SMILES string of the molecule is CCCN(Cc1ccccc1)C(=O)c1cccc(S(=O)(=O)Nc2ccc(OC)cc2)c1. The number of benzene rings is 3. The van der Waals surface area contributed by atoms with Gasteiger partial charge in [0.1, 0.15) is 5.75 Å². The largest absolute Gasteiger partial charge is 0.497 e. The molecule has 0 saturated heterocycles. The van der Waals surface area contributed by atoms with Crippen LogP contribution in [-0.2, 0) is 16.6 Å². The van der Waals surface area contributed by atoms with E-state index >= 15 is 0 Å². The number of methoxy groups -OCH3 is 1. The first-order valence-corrected chi connectivity index (χ1v) is 11.5. The van der Waals surface area contributed by atoms with Crippen molar-refractivity contribution in [1.82, 2.24) is 4.90 Å². The quantitative estimate of drug-likeness (QED) is 0.532. The smallest absolute Gasteiger partial charge is 0.261 e. The summed E-state index contributed by atoms with van der Waals surface area (Å²) in [5, 5.41) is 0. The molecule has 0 unspecified atom stereocenters. The molecule has 6 nitrogen and oxygen atoms in total. The molecule has 0 heterocycles. The van der Waals surface area contributed by atoms with Gasteiger partial charge in [0.05, 0.1) is 12.0 Å². The van der Waals surface area contributed by atoms with Crippen molar-refractivity contribution in [1.29, 1.82) is 0 Å². The van der Waals surface area contributed by atoms with Crippen LogP contribution in [0.2, 0.25) is 0 Å². The first-order valence-electron chi connectivity index (χ1n) is 10.0. The number of amides is 1. The second kappa shape index (κ2) is 10.1. The lowest BCUT2D eigenvalue weighted by molar-refractivity contribution is 0.0743. The second-order valence-electron chi connectivity index (χ2n) is 7.07. The molecule has 0 aliphatic carbocycles. The van der Waals surface area contributed by atoms with Gasteiger partial charge in [-0.3, -0.25) is 9.52 Å². The summed E-state index contributed by atoms with van der Waals surface area (Å²) in [7, 11) is -2.30. The number of hydrogen-bond donors (Lipinski definition) is 1. The van der Waals surface area contributed by atoms with Gasteiger partial charge in [-0.15, -0.1) is 0 Å². The minimum atomic E-state index is -3.85. The summed E-state index contributed by atoms with van der Waals surface area (Å²) in [6.45, 7) is 3.05. The van der Waals surface area contributed by atoms with E-state index in [2.05, 4.69) is 4.72 Å². The topological polar surface area (TPSA) is 75.7 Å². The number of anilines is 1. The molecule has 0 aliphatic rings. The first kappa shape index (κ1) is 22.4. The third kappa shape index (κ3) is 5.86. The van der Waals surface area contributed by atoms with Crippen LogP contribution in [0.1, 0.15) is 29.3 Å². The lowest BCUT2D eigenvalue weighted by Gasteiger charge is -2.22. The second-order valence-corrected chi connectivity index (χ2v) is 8.76. The summed E-state index contributed by atoms with van der Waals surface area (Å²) in [4.78, 5) is 14.9. The average Bonchev–Trinajstić information content (AvgIpc) is 2.79. The number of carbonyl (C=O) groups is 1.